The molecule has 28 heavy (non-hydrogen) atoms. The summed E-state index contributed by atoms with van der Waals surface area (Å²) in [6.07, 6.45) is 0. The summed E-state index contributed by atoms with van der Waals surface area (Å²) < 4.78 is 26.2. The number of hydrogen-bond donors (Lipinski definition) is 2. The maximum absolute atomic E-state index is 12.1. The van der Waals surface area contributed by atoms with E-state index in [0.717, 1.165) is 40.1 Å². The topological polar surface area (TPSA) is 88.2 Å². The maximum atomic E-state index is 12.1. The van der Waals surface area contributed by atoms with Gasteiger partial charge in [0, 0.05) is 23.4 Å². The van der Waals surface area contributed by atoms with Crippen LogP contribution >= 0.6 is 0 Å². The van der Waals surface area contributed by atoms with Gasteiger partial charge in [-0.05, 0) is 36.4 Å². The molecule has 1 heterocycles. The molecule has 0 aliphatic carbocycles. The highest BCUT2D eigenvalue weighted by Gasteiger charge is 2.15. The van der Waals surface area contributed by atoms with Crippen molar-refractivity contribution >= 4 is 49.1 Å². The minimum absolute atomic E-state index is 0.0256. The summed E-state index contributed by atoms with van der Waals surface area (Å²) in [5.74, 6) is -0.628. The number of carbonyl (C=O) groups is 1. The number of pyridine rings is 1. The lowest BCUT2D eigenvalue weighted by atomic mass is 10.1. The van der Waals surface area contributed by atoms with E-state index in [0.29, 0.717) is 0 Å². The molecule has 0 fully saturated rings. The van der Waals surface area contributed by atoms with Crippen LogP contribution in [-0.4, -0.2) is 19.3 Å². The number of para-hydroxylation sites is 2. The second-order valence-corrected chi connectivity index (χ2v) is 8.01. The zero-order chi connectivity index (χ0) is 19.7. The Kier molecular flexibility index (Phi) is 4.44. The third kappa shape index (κ3) is 3.39. The number of nitrogens with one attached hydrogen (secondary N) is 2. The molecule has 0 unspecified atom stereocenters. The lowest BCUT2D eigenvalue weighted by Crippen LogP contribution is -2.28. The summed E-state index contributed by atoms with van der Waals surface area (Å²) in [4.78, 5) is 15.8. The SMILES string of the molecule is CC(=O)NS(=O)(=O)c1ccc(Nc2c3ccccc3nc3ccccc23)cc1. The summed E-state index contributed by atoms with van der Waals surface area (Å²) in [7, 11) is -3.86. The summed E-state index contributed by atoms with van der Waals surface area (Å²) >= 11 is 0. The number of nitrogens with zero attached hydrogens (tertiary/aromatic N) is 1. The number of amides is 1. The van der Waals surface area contributed by atoms with Crippen LogP contribution in [0.15, 0.2) is 77.7 Å². The molecule has 1 aromatic heterocycles. The van der Waals surface area contributed by atoms with E-state index < -0.39 is 15.9 Å². The van der Waals surface area contributed by atoms with E-state index >= 15 is 0 Å². The number of benzene rings is 3. The fourth-order valence-electron chi connectivity index (χ4n) is 3.08. The van der Waals surface area contributed by atoms with E-state index in [4.69, 9.17) is 4.98 Å². The Morgan fingerprint density at radius 1 is 0.821 bits per heavy atom. The van der Waals surface area contributed by atoms with Gasteiger partial charge in [0.05, 0.1) is 21.6 Å². The second kappa shape index (κ2) is 6.94. The zero-order valence-corrected chi connectivity index (χ0v) is 15.8. The monoisotopic (exact) mass is 391 g/mol. The number of carbonyl (C=O) groups excluding carboxylic acids is 1. The molecule has 0 aliphatic rings. The molecule has 4 aromatic rings. The summed E-state index contributed by atoms with van der Waals surface area (Å²) in [5.41, 5.74) is 3.36. The molecule has 0 spiro atoms. The van der Waals surface area contributed by atoms with Crippen molar-refractivity contribution in [1.82, 2.24) is 9.71 Å². The van der Waals surface area contributed by atoms with Crippen LogP contribution in [-0.2, 0) is 14.8 Å². The number of sulfonamides is 1. The molecule has 0 saturated heterocycles. The van der Waals surface area contributed by atoms with E-state index in [2.05, 4.69) is 5.32 Å². The molecule has 6 nitrogen and oxygen atoms in total. The van der Waals surface area contributed by atoms with Gasteiger partial charge in [0.25, 0.3) is 10.0 Å². The van der Waals surface area contributed by atoms with E-state index in [1.54, 1.807) is 12.1 Å². The van der Waals surface area contributed by atoms with Gasteiger partial charge in [0.1, 0.15) is 0 Å². The van der Waals surface area contributed by atoms with Crippen LogP contribution in [0.1, 0.15) is 6.92 Å². The Hall–Kier alpha value is -3.45. The van der Waals surface area contributed by atoms with Gasteiger partial charge in [-0.25, -0.2) is 18.1 Å². The Labute approximate surface area is 162 Å². The van der Waals surface area contributed by atoms with Crippen LogP contribution in [0.25, 0.3) is 21.8 Å². The summed E-state index contributed by atoms with van der Waals surface area (Å²) in [6.45, 7) is 1.16. The molecule has 7 heteroatoms. The smallest absolute Gasteiger partial charge is 0.264 e. The van der Waals surface area contributed by atoms with Gasteiger partial charge in [-0.3, -0.25) is 4.79 Å². The first-order chi connectivity index (χ1) is 13.4. The van der Waals surface area contributed by atoms with Crippen molar-refractivity contribution in [3.63, 3.8) is 0 Å². The van der Waals surface area contributed by atoms with Crippen LogP contribution in [0.4, 0.5) is 11.4 Å². The van der Waals surface area contributed by atoms with Crippen molar-refractivity contribution in [2.24, 2.45) is 0 Å². The van der Waals surface area contributed by atoms with Crippen LogP contribution in [0, 0.1) is 0 Å². The first-order valence-corrected chi connectivity index (χ1v) is 10.1. The normalized spacial score (nSPS) is 11.5. The van der Waals surface area contributed by atoms with Crippen LogP contribution in [0.5, 0.6) is 0 Å². The average molecular weight is 391 g/mol. The Morgan fingerprint density at radius 2 is 1.36 bits per heavy atom. The van der Waals surface area contributed by atoms with E-state index in [1.807, 2.05) is 53.3 Å². The predicted molar refractivity (Wildman–Crippen MR) is 110 cm³/mol. The van der Waals surface area contributed by atoms with Crippen molar-refractivity contribution in [2.45, 2.75) is 11.8 Å². The Morgan fingerprint density at radius 3 is 1.89 bits per heavy atom. The fourth-order valence-corrected chi connectivity index (χ4v) is 4.08. The molecule has 0 saturated carbocycles. The maximum Gasteiger partial charge on any atom is 0.264 e. The Bertz CT molecular complexity index is 1250. The summed E-state index contributed by atoms with van der Waals surface area (Å²) in [6, 6.07) is 21.9. The lowest BCUT2D eigenvalue weighted by molar-refractivity contribution is -0.117. The minimum atomic E-state index is -3.86. The average Bonchev–Trinajstić information content (AvgIpc) is 2.67. The van der Waals surface area contributed by atoms with Gasteiger partial charge >= 0.3 is 0 Å². The Balaban J connectivity index is 1.77. The molecule has 4 rings (SSSR count). The van der Waals surface area contributed by atoms with Crippen molar-refractivity contribution in [3.05, 3.63) is 72.8 Å². The number of anilines is 2. The van der Waals surface area contributed by atoms with Crippen LogP contribution in [0.3, 0.4) is 0 Å². The highest BCUT2D eigenvalue weighted by atomic mass is 32.2. The van der Waals surface area contributed by atoms with Crippen molar-refractivity contribution < 1.29 is 13.2 Å². The van der Waals surface area contributed by atoms with Gasteiger partial charge in [-0.2, -0.15) is 0 Å². The number of rotatable bonds is 4. The van der Waals surface area contributed by atoms with Gasteiger partial charge in [0.2, 0.25) is 5.91 Å². The highest BCUT2D eigenvalue weighted by Crippen LogP contribution is 2.33. The van der Waals surface area contributed by atoms with E-state index in [-0.39, 0.29) is 4.90 Å². The number of hydrogen-bond acceptors (Lipinski definition) is 5. The summed E-state index contributed by atoms with van der Waals surface area (Å²) in [5, 5.41) is 5.32. The molecule has 0 aliphatic heterocycles. The largest absolute Gasteiger partial charge is 0.354 e. The molecule has 3 aromatic carbocycles. The van der Waals surface area contributed by atoms with Gasteiger partial charge in [-0.15, -0.1) is 0 Å². The number of aromatic nitrogens is 1. The molecule has 0 atom stereocenters. The molecule has 140 valence electrons. The van der Waals surface area contributed by atoms with Crippen LogP contribution in [0.2, 0.25) is 0 Å². The number of fused-ring (bicyclic) bond motifs is 2. The third-order valence-corrected chi connectivity index (χ3v) is 5.75. The van der Waals surface area contributed by atoms with Crippen LogP contribution < -0.4 is 10.0 Å². The molecule has 1 amide bonds. The molecular formula is C21H17N3O3S. The second-order valence-electron chi connectivity index (χ2n) is 6.33. The molecule has 0 bridgehead atoms. The van der Waals surface area contributed by atoms with E-state index in [1.165, 1.54) is 12.1 Å². The standard InChI is InChI=1S/C21H17N3O3S/c1-14(25)24-28(26,27)16-12-10-15(11-13-16)22-21-17-6-2-4-8-19(17)23-20-9-5-3-7-18(20)21/h2-13H,1H3,(H,22,23)(H,24,25). The molecule has 2 N–H and O–H groups in total. The predicted octanol–water partition coefficient (Wildman–Crippen LogP) is 3.96. The van der Waals surface area contributed by atoms with Crippen molar-refractivity contribution in [3.8, 4) is 0 Å². The molecular weight excluding hydrogens is 374 g/mol. The van der Waals surface area contributed by atoms with Gasteiger partial charge < -0.3 is 5.32 Å². The first kappa shape index (κ1) is 17.9. The van der Waals surface area contributed by atoms with E-state index in [9.17, 15) is 13.2 Å². The quantitative estimate of drug-likeness (QED) is 0.514. The van der Waals surface area contributed by atoms with Crippen molar-refractivity contribution in [2.75, 3.05) is 5.32 Å². The van der Waals surface area contributed by atoms with Crippen molar-refractivity contribution in [1.29, 1.82) is 0 Å². The van der Waals surface area contributed by atoms with Gasteiger partial charge in [0.15, 0.2) is 0 Å². The highest BCUT2D eigenvalue weighted by molar-refractivity contribution is 7.90. The lowest BCUT2D eigenvalue weighted by Gasteiger charge is -2.14. The van der Waals surface area contributed by atoms with Gasteiger partial charge in [-0.1, -0.05) is 36.4 Å². The zero-order valence-electron chi connectivity index (χ0n) is 15.0. The third-order valence-electron chi connectivity index (χ3n) is 4.30. The fraction of sp³-hybridized carbons (Fsp3) is 0.0476. The molecule has 0 radical (unpaired) electrons. The first-order valence-electron chi connectivity index (χ1n) is 8.62. The minimum Gasteiger partial charge on any atom is -0.354 e.